The van der Waals surface area contributed by atoms with E-state index in [1.807, 2.05) is 0 Å². The molecule has 7 heteroatoms. The molecule has 0 aliphatic rings. The predicted octanol–water partition coefficient (Wildman–Crippen LogP) is 3.35. The van der Waals surface area contributed by atoms with Crippen molar-refractivity contribution >= 4 is 23.6 Å². The Morgan fingerprint density at radius 3 is 2.50 bits per heavy atom. The summed E-state index contributed by atoms with van der Waals surface area (Å²) in [6, 6.07) is 4.32. The van der Waals surface area contributed by atoms with Crippen LogP contribution in [0.4, 0.5) is 13.2 Å². The first kappa shape index (κ1) is 14.1. The van der Waals surface area contributed by atoms with Crippen molar-refractivity contribution in [1.29, 1.82) is 5.26 Å². The molecule has 0 atom stereocenters. The molecule has 94 valence electrons. The molecular formula is C11H5ClF3NO2. The Balaban J connectivity index is 3.51. The van der Waals surface area contributed by atoms with E-state index in [9.17, 15) is 18.0 Å². The van der Waals surface area contributed by atoms with Gasteiger partial charge < -0.3 is 5.11 Å². The predicted molar refractivity (Wildman–Crippen MR) is 57.7 cm³/mol. The van der Waals surface area contributed by atoms with E-state index in [2.05, 4.69) is 0 Å². The summed E-state index contributed by atoms with van der Waals surface area (Å²) in [4.78, 5) is 10.6. The molecule has 1 aromatic rings. The van der Waals surface area contributed by atoms with E-state index in [-0.39, 0.29) is 5.02 Å². The SMILES string of the molecule is N#C/C(=C\c1c(Cl)cccc1C(F)(F)F)C(=O)O. The second-order valence-corrected chi connectivity index (χ2v) is 3.58. The van der Waals surface area contributed by atoms with Crippen LogP contribution < -0.4 is 0 Å². The largest absolute Gasteiger partial charge is 0.477 e. The number of carboxylic acids is 1. The van der Waals surface area contributed by atoms with Gasteiger partial charge in [0.2, 0.25) is 0 Å². The Hall–Kier alpha value is -2.00. The fourth-order valence-electron chi connectivity index (χ4n) is 1.22. The zero-order valence-corrected chi connectivity index (χ0v) is 9.38. The summed E-state index contributed by atoms with van der Waals surface area (Å²) >= 11 is 5.59. The van der Waals surface area contributed by atoms with Gasteiger partial charge in [-0.1, -0.05) is 17.7 Å². The summed E-state index contributed by atoms with van der Waals surface area (Å²) in [6.45, 7) is 0. The van der Waals surface area contributed by atoms with Gasteiger partial charge in [0.25, 0.3) is 0 Å². The molecule has 0 unspecified atom stereocenters. The highest BCUT2D eigenvalue weighted by Gasteiger charge is 2.33. The number of hydrogen-bond donors (Lipinski definition) is 1. The number of nitriles is 1. The van der Waals surface area contributed by atoms with Gasteiger partial charge in [0.15, 0.2) is 0 Å². The highest BCUT2D eigenvalue weighted by molar-refractivity contribution is 6.32. The van der Waals surface area contributed by atoms with Gasteiger partial charge in [-0.2, -0.15) is 18.4 Å². The molecule has 0 heterocycles. The minimum atomic E-state index is -4.68. The van der Waals surface area contributed by atoms with Crippen LogP contribution in [0.2, 0.25) is 5.02 Å². The monoisotopic (exact) mass is 275 g/mol. The van der Waals surface area contributed by atoms with Crippen LogP contribution in [0.3, 0.4) is 0 Å². The molecule has 0 spiro atoms. The maximum absolute atomic E-state index is 12.7. The molecule has 0 fully saturated rings. The van der Waals surface area contributed by atoms with Crippen LogP contribution in [-0.2, 0) is 11.0 Å². The van der Waals surface area contributed by atoms with Crippen molar-refractivity contribution < 1.29 is 23.1 Å². The first-order valence-electron chi connectivity index (χ1n) is 4.48. The summed E-state index contributed by atoms with van der Waals surface area (Å²) in [5.41, 5.74) is -2.46. The fourth-order valence-corrected chi connectivity index (χ4v) is 1.45. The van der Waals surface area contributed by atoms with Crippen LogP contribution in [-0.4, -0.2) is 11.1 Å². The highest BCUT2D eigenvalue weighted by Crippen LogP contribution is 2.36. The van der Waals surface area contributed by atoms with E-state index in [4.69, 9.17) is 22.0 Å². The second kappa shape index (κ2) is 5.10. The molecular weight excluding hydrogens is 271 g/mol. The van der Waals surface area contributed by atoms with Gasteiger partial charge in [-0.3, -0.25) is 0 Å². The zero-order valence-electron chi connectivity index (χ0n) is 8.62. The van der Waals surface area contributed by atoms with E-state index in [1.54, 1.807) is 0 Å². The summed E-state index contributed by atoms with van der Waals surface area (Å²) < 4.78 is 38.0. The average molecular weight is 276 g/mol. The topological polar surface area (TPSA) is 61.1 Å². The Bertz CT molecular complexity index is 558. The Kier molecular flexibility index (Phi) is 3.99. The Morgan fingerprint density at radius 2 is 2.06 bits per heavy atom. The lowest BCUT2D eigenvalue weighted by atomic mass is 10.0. The van der Waals surface area contributed by atoms with Crippen LogP contribution >= 0.6 is 11.6 Å². The number of carboxylic acid groups (broad SMARTS) is 1. The first-order chi connectivity index (χ1) is 8.27. The zero-order chi connectivity index (χ0) is 13.9. The molecule has 0 bridgehead atoms. The van der Waals surface area contributed by atoms with Crippen molar-refractivity contribution in [2.45, 2.75) is 6.18 Å². The van der Waals surface area contributed by atoms with Crippen molar-refractivity contribution in [3.63, 3.8) is 0 Å². The summed E-state index contributed by atoms with van der Waals surface area (Å²) in [5.74, 6) is -1.62. The molecule has 0 saturated heterocycles. The van der Waals surface area contributed by atoms with Crippen LogP contribution in [0.1, 0.15) is 11.1 Å². The molecule has 0 amide bonds. The van der Waals surface area contributed by atoms with Crippen LogP contribution in [0.15, 0.2) is 23.8 Å². The van der Waals surface area contributed by atoms with Crippen molar-refractivity contribution in [2.24, 2.45) is 0 Å². The number of aliphatic carboxylic acids is 1. The van der Waals surface area contributed by atoms with Crippen molar-refractivity contribution in [2.75, 3.05) is 0 Å². The van der Waals surface area contributed by atoms with Crippen LogP contribution in [0, 0.1) is 11.3 Å². The quantitative estimate of drug-likeness (QED) is 0.665. The summed E-state index contributed by atoms with van der Waals surface area (Å²) in [6.07, 6.45) is -4.08. The molecule has 1 rings (SSSR count). The van der Waals surface area contributed by atoms with E-state index >= 15 is 0 Å². The van der Waals surface area contributed by atoms with Gasteiger partial charge in [-0.15, -0.1) is 0 Å². The van der Waals surface area contributed by atoms with Crippen molar-refractivity contribution in [1.82, 2.24) is 0 Å². The lowest BCUT2D eigenvalue weighted by Crippen LogP contribution is -2.08. The molecule has 1 aromatic carbocycles. The van der Waals surface area contributed by atoms with Crippen LogP contribution in [0.25, 0.3) is 6.08 Å². The fraction of sp³-hybridized carbons (Fsp3) is 0.0909. The molecule has 18 heavy (non-hydrogen) atoms. The number of carbonyl (C=O) groups is 1. The summed E-state index contributed by atoms with van der Waals surface area (Å²) in [7, 11) is 0. The van der Waals surface area contributed by atoms with Gasteiger partial charge in [-0.05, 0) is 18.2 Å². The molecule has 0 aliphatic heterocycles. The number of halogens is 4. The third-order valence-electron chi connectivity index (χ3n) is 2.00. The molecule has 0 saturated carbocycles. The van der Waals surface area contributed by atoms with Crippen molar-refractivity contribution in [3.05, 3.63) is 39.9 Å². The standard InChI is InChI=1S/C11H5ClF3NO2/c12-9-3-1-2-8(11(13,14)15)7(9)4-6(5-16)10(17)18/h1-4H,(H,17,18)/b6-4+. The molecule has 0 aromatic heterocycles. The molecule has 3 nitrogen and oxygen atoms in total. The Labute approximate surface area is 105 Å². The summed E-state index contributed by atoms with van der Waals surface area (Å²) in [5, 5.41) is 16.8. The lowest BCUT2D eigenvalue weighted by Gasteiger charge is -2.11. The number of benzene rings is 1. The molecule has 0 radical (unpaired) electrons. The number of rotatable bonds is 2. The second-order valence-electron chi connectivity index (χ2n) is 3.17. The Morgan fingerprint density at radius 1 is 1.44 bits per heavy atom. The van der Waals surface area contributed by atoms with Gasteiger partial charge in [-0.25, -0.2) is 4.79 Å². The smallest absolute Gasteiger partial charge is 0.417 e. The number of nitrogens with zero attached hydrogens (tertiary/aromatic N) is 1. The molecule has 0 aliphatic carbocycles. The van der Waals surface area contributed by atoms with Gasteiger partial charge >= 0.3 is 12.1 Å². The van der Waals surface area contributed by atoms with E-state index in [0.717, 1.165) is 12.1 Å². The lowest BCUT2D eigenvalue weighted by molar-refractivity contribution is -0.138. The van der Waals surface area contributed by atoms with E-state index < -0.39 is 28.8 Å². The number of hydrogen-bond acceptors (Lipinski definition) is 2. The minimum absolute atomic E-state index is 0.279. The number of alkyl halides is 3. The maximum atomic E-state index is 12.7. The van der Waals surface area contributed by atoms with Gasteiger partial charge in [0.1, 0.15) is 11.6 Å². The van der Waals surface area contributed by atoms with Crippen molar-refractivity contribution in [3.8, 4) is 6.07 Å². The van der Waals surface area contributed by atoms with Gasteiger partial charge in [0, 0.05) is 10.6 Å². The third-order valence-corrected chi connectivity index (χ3v) is 2.33. The molecule has 1 N–H and O–H groups in total. The highest BCUT2D eigenvalue weighted by atomic mass is 35.5. The average Bonchev–Trinajstić information content (AvgIpc) is 2.25. The first-order valence-corrected chi connectivity index (χ1v) is 4.86. The minimum Gasteiger partial charge on any atom is -0.477 e. The normalized spacial score (nSPS) is 12.1. The van der Waals surface area contributed by atoms with E-state index in [1.165, 1.54) is 12.1 Å². The maximum Gasteiger partial charge on any atom is 0.417 e. The van der Waals surface area contributed by atoms with Crippen LogP contribution in [0.5, 0.6) is 0 Å². The van der Waals surface area contributed by atoms with E-state index in [0.29, 0.717) is 6.08 Å². The third kappa shape index (κ3) is 3.02. The van der Waals surface area contributed by atoms with Gasteiger partial charge in [0.05, 0.1) is 5.56 Å².